The van der Waals surface area contributed by atoms with Crippen LogP contribution >= 0.6 is 27.5 Å². The molecule has 78 valence electrons. The van der Waals surface area contributed by atoms with Gasteiger partial charge in [-0.3, -0.25) is 4.79 Å². The van der Waals surface area contributed by atoms with Gasteiger partial charge in [-0.2, -0.15) is 18.3 Å². The highest BCUT2D eigenvalue weighted by Gasteiger charge is 2.29. The molecule has 0 saturated heterocycles. The van der Waals surface area contributed by atoms with Crippen molar-refractivity contribution in [1.29, 1.82) is 0 Å². The highest BCUT2D eigenvalue weighted by atomic mass is 79.9. The summed E-state index contributed by atoms with van der Waals surface area (Å²) < 4.78 is 36.0. The lowest BCUT2D eigenvalue weighted by atomic mass is 10.5. The molecule has 8 heteroatoms. The Labute approximate surface area is 89.6 Å². The number of rotatable bonds is 1. The second-order valence-electron chi connectivity index (χ2n) is 2.39. The molecule has 14 heavy (non-hydrogen) atoms. The number of hydrogen-bond acceptors (Lipinski definition) is 2. The molecule has 0 aliphatic rings. The first-order valence-electron chi connectivity index (χ1n) is 3.29. The van der Waals surface area contributed by atoms with E-state index in [0.29, 0.717) is 0 Å². The van der Waals surface area contributed by atoms with Crippen molar-refractivity contribution in [2.24, 2.45) is 0 Å². The minimum atomic E-state index is -4.50. The zero-order valence-corrected chi connectivity index (χ0v) is 8.82. The summed E-state index contributed by atoms with van der Waals surface area (Å²) in [6, 6.07) is 1.14. The quantitative estimate of drug-likeness (QED) is 0.795. The maximum Gasteiger partial charge on any atom is 0.408 e. The Morgan fingerprint density at radius 1 is 1.57 bits per heavy atom. The van der Waals surface area contributed by atoms with Crippen molar-refractivity contribution < 1.29 is 13.2 Å². The molecule has 0 saturated carbocycles. The van der Waals surface area contributed by atoms with E-state index in [1.807, 2.05) is 0 Å². The molecule has 0 fully saturated rings. The van der Waals surface area contributed by atoms with Crippen molar-refractivity contribution in [2.75, 3.05) is 0 Å². The molecule has 0 aliphatic heterocycles. The first-order valence-corrected chi connectivity index (χ1v) is 4.46. The molecular weight excluding hydrogens is 288 g/mol. The lowest BCUT2D eigenvalue weighted by Crippen LogP contribution is -2.30. The summed E-state index contributed by atoms with van der Waals surface area (Å²) >= 11 is 8.16. The second kappa shape index (κ2) is 3.90. The van der Waals surface area contributed by atoms with Crippen molar-refractivity contribution in [1.82, 2.24) is 9.78 Å². The Hall–Kier alpha value is -0.560. The van der Waals surface area contributed by atoms with Gasteiger partial charge in [-0.25, -0.2) is 4.68 Å². The van der Waals surface area contributed by atoms with E-state index < -0.39 is 18.3 Å². The van der Waals surface area contributed by atoms with Crippen molar-refractivity contribution in [3.8, 4) is 0 Å². The lowest BCUT2D eigenvalue weighted by molar-refractivity contribution is -0.143. The van der Waals surface area contributed by atoms with Crippen LogP contribution in [0.4, 0.5) is 13.2 Å². The summed E-state index contributed by atoms with van der Waals surface area (Å²) in [4.78, 5) is 11.1. The minimum absolute atomic E-state index is 0.0539. The molecule has 0 bridgehead atoms. The van der Waals surface area contributed by atoms with Crippen LogP contribution in [0.15, 0.2) is 15.3 Å². The maximum atomic E-state index is 11.9. The Morgan fingerprint density at radius 3 is 2.64 bits per heavy atom. The fourth-order valence-electron chi connectivity index (χ4n) is 0.756. The number of hydrogen-bond donors (Lipinski definition) is 0. The normalized spacial score (nSPS) is 11.8. The van der Waals surface area contributed by atoms with Gasteiger partial charge in [-0.05, 0) is 22.0 Å². The summed E-state index contributed by atoms with van der Waals surface area (Å²) in [6.45, 7) is -1.45. The highest BCUT2D eigenvalue weighted by Crippen LogP contribution is 2.17. The molecule has 0 unspecified atom stereocenters. The third-order valence-corrected chi connectivity index (χ3v) is 1.98. The van der Waals surface area contributed by atoms with Gasteiger partial charge in [-0.15, -0.1) is 0 Å². The van der Waals surface area contributed by atoms with E-state index in [4.69, 9.17) is 11.6 Å². The number of alkyl halides is 3. The van der Waals surface area contributed by atoms with Gasteiger partial charge in [0, 0.05) is 0 Å². The van der Waals surface area contributed by atoms with E-state index in [2.05, 4.69) is 21.0 Å². The predicted molar refractivity (Wildman–Crippen MR) is 47.3 cm³/mol. The largest absolute Gasteiger partial charge is 0.408 e. The van der Waals surface area contributed by atoms with E-state index in [1.54, 1.807) is 0 Å². The van der Waals surface area contributed by atoms with Crippen LogP contribution in [0.25, 0.3) is 0 Å². The van der Waals surface area contributed by atoms with Crippen molar-refractivity contribution in [2.45, 2.75) is 12.7 Å². The summed E-state index contributed by atoms with van der Waals surface area (Å²) in [7, 11) is 0. The molecule has 1 aromatic heterocycles. The van der Waals surface area contributed by atoms with Gasteiger partial charge in [0.05, 0.1) is 4.47 Å². The summed E-state index contributed by atoms with van der Waals surface area (Å²) in [5.74, 6) is 0. The summed E-state index contributed by atoms with van der Waals surface area (Å²) in [5.41, 5.74) is -0.869. The minimum Gasteiger partial charge on any atom is -0.267 e. The zero-order chi connectivity index (χ0) is 10.9. The molecule has 0 radical (unpaired) electrons. The first-order chi connectivity index (χ1) is 6.29. The van der Waals surface area contributed by atoms with Crippen molar-refractivity contribution in [3.63, 3.8) is 0 Å². The third-order valence-electron chi connectivity index (χ3n) is 1.23. The van der Waals surface area contributed by atoms with E-state index in [0.717, 1.165) is 6.07 Å². The summed E-state index contributed by atoms with van der Waals surface area (Å²) in [5, 5.41) is 3.06. The average Bonchev–Trinajstić information content (AvgIpc) is 1.96. The topological polar surface area (TPSA) is 34.9 Å². The van der Waals surface area contributed by atoms with Crippen LogP contribution in [0, 0.1) is 0 Å². The molecule has 0 amide bonds. The van der Waals surface area contributed by atoms with Gasteiger partial charge in [-0.1, -0.05) is 11.6 Å². The standard InChI is InChI=1S/C6H3BrClF3N2O/c7-3-1-4(8)12-13(5(3)14)2-6(9,10)11/h1H,2H2. The van der Waals surface area contributed by atoms with Gasteiger partial charge in [0.2, 0.25) is 0 Å². The van der Waals surface area contributed by atoms with Gasteiger partial charge >= 0.3 is 6.18 Å². The number of aromatic nitrogens is 2. The molecule has 0 aromatic carbocycles. The monoisotopic (exact) mass is 290 g/mol. The highest BCUT2D eigenvalue weighted by molar-refractivity contribution is 9.10. The molecule has 0 spiro atoms. The molecule has 3 nitrogen and oxygen atoms in total. The van der Waals surface area contributed by atoms with Crippen molar-refractivity contribution >= 4 is 27.5 Å². The molecule has 0 atom stereocenters. The Bertz CT molecular complexity index is 403. The van der Waals surface area contributed by atoms with Crippen molar-refractivity contribution in [3.05, 3.63) is 26.0 Å². The van der Waals surface area contributed by atoms with Gasteiger partial charge < -0.3 is 0 Å². The molecule has 0 N–H and O–H groups in total. The maximum absolute atomic E-state index is 11.9. The Morgan fingerprint density at radius 2 is 2.14 bits per heavy atom. The average molecular weight is 291 g/mol. The van der Waals surface area contributed by atoms with E-state index in [-0.39, 0.29) is 14.3 Å². The predicted octanol–water partition coefficient (Wildman–Crippen LogP) is 2.22. The summed E-state index contributed by atoms with van der Waals surface area (Å²) in [6.07, 6.45) is -4.50. The third kappa shape index (κ3) is 2.98. The smallest absolute Gasteiger partial charge is 0.267 e. The molecular formula is C6H3BrClF3N2O. The van der Waals surface area contributed by atoms with Crippen LogP contribution < -0.4 is 5.56 Å². The molecule has 1 aromatic rings. The molecule has 1 heterocycles. The first kappa shape index (κ1) is 11.5. The zero-order valence-electron chi connectivity index (χ0n) is 6.48. The Kier molecular flexibility index (Phi) is 3.20. The van der Waals surface area contributed by atoms with Gasteiger partial charge in [0.25, 0.3) is 5.56 Å². The molecule has 0 aliphatic carbocycles. The number of halogens is 5. The number of nitrogens with zero attached hydrogens (tertiary/aromatic N) is 2. The van der Waals surface area contributed by atoms with Crippen LogP contribution in [-0.4, -0.2) is 16.0 Å². The van der Waals surface area contributed by atoms with Crippen LogP contribution in [0.2, 0.25) is 5.15 Å². The van der Waals surface area contributed by atoms with E-state index in [9.17, 15) is 18.0 Å². The van der Waals surface area contributed by atoms with Gasteiger partial charge in [0.15, 0.2) is 5.15 Å². The van der Waals surface area contributed by atoms with E-state index in [1.165, 1.54) is 0 Å². The van der Waals surface area contributed by atoms with E-state index >= 15 is 0 Å². The second-order valence-corrected chi connectivity index (χ2v) is 3.63. The fourth-order valence-corrected chi connectivity index (χ4v) is 1.51. The van der Waals surface area contributed by atoms with Crippen LogP contribution in [0.1, 0.15) is 0 Å². The SMILES string of the molecule is O=c1c(Br)cc(Cl)nn1CC(F)(F)F. The Balaban J connectivity index is 3.16. The van der Waals surface area contributed by atoms with Crippen LogP contribution in [0.5, 0.6) is 0 Å². The van der Waals surface area contributed by atoms with Crippen LogP contribution in [0.3, 0.4) is 0 Å². The lowest BCUT2D eigenvalue weighted by Gasteiger charge is -2.08. The fraction of sp³-hybridized carbons (Fsp3) is 0.333. The van der Waals surface area contributed by atoms with Crippen LogP contribution in [-0.2, 0) is 6.54 Å². The van der Waals surface area contributed by atoms with Gasteiger partial charge in [0.1, 0.15) is 6.54 Å². The molecule has 1 rings (SSSR count).